The Hall–Kier alpha value is -3.26. The van der Waals surface area contributed by atoms with E-state index in [0.717, 1.165) is 16.7 Å². The van der Waals surface area contributed by atoms with Gasteiger partial charge in [0.05, 0.1) is 10.6 Å². The van der Waals surface area contributed by atoms with E-state index in [4.69, 9.17) is 23.2 Å². The van der Waals surface area contributed by atoms with Crippen molar-refractivity contribution >= 4 is 51.5 Å². The van der Waals surface area contributed by atoms with Gasteiger partial charge in [0.1, 0.15) is 11.0 Å². The molecule has 0 saturated carbocycles. The summed E-state index contributed by atoms with van der Waals surface area (Å²) in [5, 5.41) is 15.5. The Labute approximate surface area is 211 Å². The number of aryl methyl sites for hydroxylation is 1. The van der Waals surface area contributed by atoms with Gasteiger partial charge in [-0.05, 0) is 36.8 Å². The van der Waals surface area contributed by atoms with Gasteiger partial charge in [0.25, 0.3) is 5.91 Å². The Morgan fingerprint density at radius 2 is 1.76 bits per heavy atom. The lowest BCUT2D eigenvalue weighted by Crippen LogP contribution is -2.45. The molecule has 0 aliphatic carbocycles. The zero-order valence-corrected chi connectivity index (χ0v) is 20.4. The van der Waals surface area contributed by atoms with Crippen molar-refractivity contribution in [3.05, 3.63) is 99.5 Å². The summed E-state index contributed by atoms with van der Waals surface area (Å²) in [4.78, 5) is 26.1. The van der Waals surface area contributed by atoms with Crippen molar-refractivity contribution in [2.24, 2.45) is 0 Å². The first-order valence-electron chi connectivity index (χ1n) is 10.4. The van der Waals surface area contributed by atoms with Gasteiger partial charge in [0.15, 0.2) is 0 Å². The molecule has 172 valence electrons. The summed E-state index contributed by atoms with van der Waals surface area (Å²) in [5.41, 5.74) is 3.15. The second-order valence-corrected chi connectivity index (χ2v) is 9.43. The van der Waals surface area contributed by atoms with Gasteiger partial charge in [-0.1, -0.05) is 88.6 Å². The molecule has 34 heavy (non-hydrogen) atoms. The first-order chi connectivity index (χ1) is 16.4. The first kappa shape index (κ1) is 23.9. The highest BCUT2D eigenvalue weighted by Crippen LogP contribution is 2.27. The molecular weight excluding hydrogens is 491 g/mol. The van der Waals surface area contributed by atoms with E-state index >= 15 is 0 Å². The molecule has 3 aromatic carbocycles. The van der Waals surface area contributed by atoms with Crippen LogP contribution in [0.3, 0.4) is 0 Å². The summed E-state index contributed by atoms with van der Waals surface area (Å²) in [5.74, 6) is -0.885. The van der Waals surface area contributed by atoms with E-state index < -0.39 is 17.9 Å². The molecule has 4 aromatic rings. The van der Waals surface area contributed by atoms with Crippen molar-refractivity contribution in [2.75, 3.05) is 5.32 Å². The van der Waals surface area contributed by atoms with E-state index in [0.29, 0.717) is 15.2 Å². The molecular formula is C25H20Cl2N4O2S. The largest absolute Gasteiger partial charge is 0.340 e. The number of carbonyl (C=O) groups is 2. The van der Waals surface area contributed by atoms with Crippen LogP contribution in [-0.2, 0) is 11.2 Å². The van der Waals surface area contributed by atoms with Crippen molar-refractivity contribution < 1.29 is 9.59 Å². The van der Waals surface area contributed by atoms with Crippen LogP contribution in [0, 0.1) is 6.92 Å². The van der Waals surface area contributed by atoms with Gasteiger partial charge < -0.3 is 5.32 Å². The van der Waals surface area contributed by atoms with Crippen LogP contribution in [0.5, 0.6) is 0 Å². The monoisotopic (exact) mass is 510 g/mol. The lowest BCUT2D eigenvalue weighted by molar-refractivity contribution is -0.118. The minimum Gasteiger partial charge on any atom is -0.340 e. The number of halogens is 2. The standard InChI is InChI=1S/C25H20Cl2N4O2S/c1-15-6-5-9-17(12-15)24-30-31-25(34-24)29-23(33)21(13-16-7-3-2-4-8-16)28-22(32)19-11-10-18(26)14-20(19)27/h2-12,14,21H,13H2,1H3,(H,28,32)(H,29,31,33). The number of nitrogens with one attached hydrogen (secondary N) is 2. The third-order valence-electron chi connectivity index (χ3n) is 5.00. The van der Waals surface area contributed by atoms with Crippen molar-refractivity contribution in [3.8, 4) is 10.6 Å². The number of hydrogen-bond acceptors (Lipinski definition) is 5. The fourth-order valence-electron chi connectivity index (χ4n) is 3.33. The maximum atomic E-state index is 13.2. The minimum absolute atomic E-state index is 0.204. The molecule has 0 aliphatic rings. The second kappa shape index (κ2) is 10.8. The fraction of sp³-hybridized carbons (Fsp3) is 0.120. The summed E-state index contributed by atoms with van der Waals surface area (Å²) in [6, 6.07) is 21.0. The van der Waals surface area contributed by atoms with Gasteiger partial charge in [-0.3, -0.25) is 14.9 Å². The Kier molecular flexibility index (Phi) is 7.57. The number of carbonyl (C=O) groups excluding carboxylic acids is 2. The molecule has 1 atom stereocenters. The number of rotatable bonds is 7. The molecule has 6 nitrogen and oxygen atoms in total. The molecule has 9 heteroatoms. The van der Waals surface area contributed by atoms with Crippen molar-refractivity contribution in [1.29, 1.82) is 0 Å². The maximum absolute atomic E-state index is 13.2. The van der Waals surface area contributed by atoms with E-state index in [1.54, 1.807) is 6.07 Å². The Morgan fingerprint density at radius 1 is 0.971 bits per heavy atom. The summed E-state index contributed by atoms with van der Waals surface area (Å²) in [6.45, 7) is 2.00. The number of aromatic nitrogens is 2. The van der Waals surface area contributed by atoms with Crippen LogP contribution < -0.4 is 10.6 Å². The second-order valence-electron chi connectivity index (χ2n) is 7.61. The van der Waals surface area contributed by atoms with Crippen LogP contribution in [-0.4, -0.2) is 28.1 Å². The molecule has 0 radical (unpaired) electrons. The van der Waals surface area contributed by atoms with Gasteiger partial charge in [-0.15, -0.1) is 10.2 Å². The Morgan fingerprint density at radius 3 is 2.50 bits per heavy atom. The highest BCUT2D eigenvalue weighted by molar-refractivity contribution is 7.18. The number of hydrogen-bond donors (Lipinski definition) is 2. The van der Waals surface area contributed by atoms with Crippen molar-refractivity contribution in [1.82, 2.24) is 15.5 Å². The van der Waals surface area contributed by atoms with Crippen LogP contribution in [0.1, 0.15) is 21.5 Å². The molecule has 0 saturated heterocycles. The molecule has 4 rings (SSSR count). The fourth-order valence-corrected chi connectivity index (χ4v) is 4.57. The normalized spacial score (nSPS) is 11.6. The van der Waals surface area contributed by atoms with E-state index in [2.05, 4.69) is 20.8 Å². The van der Waals surface area contributed by atoms with E-state index in [1.807, 2.05) is 61.5 Å². The predicted octanol–water partition coefficient (Wildman–Crippen LogP) is 5.80. The average Bonchev–Trinajstić information content (AvgIpc) is 3.27. The molecule has 1 aromatic heterocycles. The zero-order chi connectivity index (χ0) is 24.1. The lowest BCUT2D eigenvalue weighted by Gasteiger charge is -2.18. The SMILES string of the molecule is Cc1cccc(-c2nnc(NC(=O)C(Cc3ccccc3)NC(=O)c3ccc(Cl)cc3Cl)s2)c1. The molecule has 1 unspecified atom stereocenters. The minimum atomic E-state index is -0.868. The highest BCUT2D eigenvalue weighted by Gasteiger charge is 2.24. The van der Waals surface area contributed by atoms with Gasteiger partial charge in [0, 0.05) is 17.0 Å². The third kappa shape index (κ3) is 5.99. The first-order valence-corrected chi connectivity index (χ1v) is 12.0. The van der Waals surface area contributed by atoms with Crippen LogP contribution in [0.4, 0.5) is 5.13 Å². The summed E-state index contributed by atoms with van der Waals surface area (Å²) < 4.78 is 0. The quantitative estimate of drug-likeness (QED) is 0.329. The summed E-state index contributed by atoms with van der Waals surface area (Å²) in [7, 11) is 0. The van der Waals surface area contributed by atoms with Crippen molar-refractivity contribution in [2.45, 2.75) is 19.4 Å². The Bertz CT molecular complexity index is 1330. The maximum Gasteiger partial charge on any atom is 0.253 e. The molecule has 0 aliphatic heterocycles. The van der Waals surface area contributed by atoms with Gasteiger partial charge >= 0.3 is 0 Å². The van der Waals surface area contributed by atoms with Crippen LogP contribution in [0.25, 0.3) is 10.6 Å². The lowest BCUT2D eigenvalue weighted by atomic mass is 10.0. The van der Waals surface area contributed by atoms with Gasteiger partial charge in [-0.2, -0.15) is 0 Å². The number of anilines is 1. The molecule has 0 fully saturated rings. The molecule has 0 spiro atoms. The summed E-state index contributed by atoms with van der Waals surface area (Å²) in [6.07, 6.45) is 0.285. The van der Waals surface area contributed by atoms with E-state index in [-0.39, 0.29) is 17.0 Å². The van der Waals surface area contributed by atoms with Crippen molar-refractivity contribution in [3.63, 3.8) is 0 Å². The Balaban J connectivity index is 1.53. The van der Waals surface area contributed by atoms with Gasteiger partial charge in [0.2, 0.25) is 11.0 Å². The molecule has 2 N–H and O–H groups in total. The number of nitrogens with zero attached hydrogens (tertiary/aromatic N) is 2. The highest BCUT2D eigenvalue weighted by atomic mass is 35.5. The van der Waals surface area contributed by atoms with Crippen LogP contribution in [0.2, 0.25) is 10.0 Å². The van der Waals surface area contributed by atoms with Crippen LogP contribution in [0.15, 0.2) is 72.8 Å². The van der Waals surface area contributed by atoms with Crippen LogP contribution >= 0.6 is 34.5 Å². The summed E-state index contributed by atoms with van der Waals surface area (Å²) >= 11 is 13.4. The zero-order valence-electron chi connectivity index (χ0n) is 18.1. The molecule has 1 heterocycles. The predicted molar refractivity (Wildman–Crippen MR) is 137 cm³/mol. The number of benzene rings is 3. The number of amides is 2. The average molecular weight is 511 g/mol. The van der Waals surface area contributed by atoms with E-state index in [9.17, 15) is 9.59 Å². The molecule has 0 bridgehead atoms. The molecule has 2 amide bonds. The van der Waals surface area contributed by atoms with Gasteiger partial charge in [-0.25, -0.2) is 0 Å². The smallest absolute Gasteiger partial charge is 0.253 e. The topological polar surface area (TPSA) is 84.0 Å². The third-order valence-corrected chi connectivity index (χ3v) is 6.44. The van der Waals surface area contributed by atoms with E-state index in [1.165, 1.54) is 23.5 Å².